The van der Waals surface area contributed by atoms with Gasteiger partial charge in [-0.1, -0.05) is 6.07 Å². The Morgan fingerprint density at radius 1 is 1.39 bits per heavy atom. The predicted octanol–water partition coefficient (Wildman–Crippen LogP) is 1.22. The molecule has 0 spiro atoms. The van der Waals surface area contributed by atoms with Gasteiger partial charge in [0.1, 0.15) is 18.0 Å². The van der Waals surface area contributed by atoms with Crippen LogP contribution in [0, 0.1) is 0 Å². The molecule has 122 valence electrons. The van der Waals surface area contributed by atoms with Gasteiger partial charge in [0.25, 0.3) is 0 Å². The molecule has 2 heterocycles. The first-order valence-corrected chi connectivity index (χ1v) is 7.65. The van der Waals surface area contributed by atoms with E-state index in [1.54, 1.807) is 6.20 Å². The highest BCUT2D eigenvalue weighted by molar-refractivity contribution is 5.84. The van der Waals surface area contributed by atoms with Crippen molar-refractivity contribution in [3.8, 4) is 5.75 Å². The summed E-state index contributed by atoms with van der Waals surface area (Å²) in [5.74, 6) is 0.428. The van der Waals surface area contributed by atoms with Crippen LogP contribution in [0.1, 0.15) is 6.42 Å². The van der Waals surface area contributed by atoms with E-state index in [9.17, 15) is 9.90 Å². The monoisotopic (exact) mass is 316 g/mol. The fraction of sp³-hybridized carbons (Fsp3) is 0.412. The van der Waals surface area contributed by atoms with Gasteiger partial charge >= 0.3 is 5.97 Å². The molecule has 0 radical (unpaired) electrons. The van der Waals surface area contributed by atoms with Crippen molar-refractivity contribution in [3.63, 3.8) is 0 Å². The maximum absolute atomic E-state index is 11.3. The van der Waals surface area contributed by atoms with Crippen LogP contribution in [0.25, 0.3) is 10.9 Å². The lowest BCUT2D eigenvalue weighted by atomic mass is 10.0. The van der Waals surface area contributed by atoms with Crippen LogP contribution in [0.2, 0.25) is 0 Å². The summed E-state index contributed by atoms with van der Waals surface area (Å²) in [5, 5.41) is 11.3. The van der Waals surface area contributed by atoms with Gasteiger partial charge in [0.2, 0.25) is 0 Å². The number of nitrogens with zero attached hydrogens (tertiary/aromatic N) is 2. The molecule has 0 amide bonds. The van der Waals surface area contributed by atoms with E-state index in [0.717, 1.165) is 16.7 Å². The Kier molecular flexibility index (Phi) is 4.73. The van der Waals surface area contributed by atoms with Crippen LogP contribution in [0.3, 0.4) is 0 Å². The number of aliphatic hydroxyl groups is 1. The average Bonchev–Trinajstić information content (AvgIpc) is 2.57. The van der Waals surface area contributed by atoms with E-state index in [0.29, 0.717) is 19.5 Å². The number of esters is 1. The minimum Gasteiger partial charge on any atom is -0.487 e. The minimum absolute atomic E-state index is 0.193. The summed E-state index contributed by atoms with van der Waals surface area (Å²) in [4.78, 5) is 17.5. The Labute approximate surface area is 134 Å². The molecule has 1 aliphatic rings. The fourth-order valence-electron chi connectivity index (χ4n) is 2.84. The van der Waals surface area contributed by atoms with Crippen LogP contribution >= 0.6 is 0 Å². The number of carbonyl (C=O) groups is 1. The van der Waals surface area contributed by atoms with E-state index < -0.39 is 6.10 Å². The molecule has 1 N–H and O–H groups in total. The molecule has 1 fully saturated rings. The largest absolute Gasteiger partial charge is 0.487 e. The molecule has 23 heavy (non-hydrogen) atoms. The summed E-state index contributed by atoms with van der Waals surface area (Å²) in [7, 11) is 1.36. The van der Waals surface area contributed by atoms with Crippen molar-refractivity contribution in [2.45, 2.75) is 18.6 Å². The van der Waals surface area contributed by atoms with Gasteiger partial charge in [0.05, 0.1) is 19.2 Å². The molecule has 0 bridgehead atoms. The van der Waals surface area contributed by atoms with Gasteiger partial charge in [0.15, 0.2) is 0 Å². The molecule has 0 saturated carbocycles. The van der Waals surface area contributed by atoms with E-state index in [1.807, 2.05) is 35.2 Å². The molecule has 6 nitrogen and oxygen atoms in total. The van der Waals surface area contributed by atoms with Gasteiger partial charge < -0.3 is 14.6 Å². The SMILES string of the molecule is COC(=O)CN1CC[C@@H](Oc2cccc3ncccc23)[C@H](O)C1. The summed E-state index contributed by atoms with van der Waals surface area (Å²) < 4.78 is 10.7. The van der Waals surface area contributed by atoms with Crippen LogP contribution in [0.5, 0.6) is 5.75 Å². The maximum Gasteiger partial charge on any atom is 0.319 e. The summed E-state index contributed by atoms with van der Waals surface area (Å²) >= 11 is 0. The van der Waals surface area contributed by atoms with E-state index in [-0.39, 0.29) is 18.6 Å². The number of aliphatic hydroxyl groups excluding tert-OH is 1. The zero-order valence-electron chi connectivity index (χ0n) is 13.0. The molecule has 2 aromatic rings. The first-order valence-electron chi connectivity index (χ1n) is 7.65. The number of ether oxygens (including phenoxy) is 2. The van der Waals surface area contributed by atoms with Crippen molar-refractivity contribution in [3.05, 3.63) is 36.5 Å². The van der Waals surface area contributed by atoms with Gasteiger partial charge in [-0.05, 0) is 30.7 Å². The zero-order valence-corrected chi connectivity index (χ0v) is 13.0. The van der Waals surface area contributed by atoms with E-state index >= 15 is 0 Å². The molecule has 1 saturated heterocycles. The second-order valence-corrected chi connectivity index (χ2v) is 5.65. The molecule has 2 atom stereocenters. The number of piperidine rings is 1. The predicted molar refractivity (Wildman–Crippen MR) is 85.2 cm³/mol. The Hall–Kier alpha value is -2.18. The van der Waals surface area contributed by atoms with Crippen LogP contribution in [0.15, 0.2) is 36.5 Å². The second kappa shape index (κ2) is 6.93. The van der Waals surface area contributed by atoms with Crippen molar-refractivity contribution in [2.75, 3.05) is 26.7 Å². The maximum atomic E-state index is 11.3. The van der Waals surface area contributed by atoms with Crippen molar-refractivity contribution in [1.82, 2.24) is 9.88 Å². The van der Waals surface area contributed by atoms with Gasteiger partial charge in [0, 0.05) is 24.7 Å². The highest BCUT2D eigenvalue weighted by Gasteiger charge is 2.30. The number of fused-ring (bicyclic) bond motifs is 1. The number of pyridine rings is 1. The number of benzene rings is 1. The standard InChI is InChI=1S/C17H20N2O4/c1-22-17(21)11-19-9-7-16(14(20)10-19)23-15-6-2-5-13-12(15)4-3-8-18-13/h2-6,8,14,16,20H,7,9-11H2,1H3/t14-,16-/m1/s1. The van der Waals surface area contributed by atoms with Crippen LogP contribution in [-0.2, 0) is 9.53 Å². The molecule has 3 rings (SSSR count). The Balaban J connectivity index is 1.68. The van der Waals surface area contributed by atoms with E-state index in [1.165, 1.54) is 7.11 Å². The number of rotatable bonds is 4. The molecule has 1 aliphatic heterocycles. The molecule has 1 aromatic heterocycles. The minimum atomic E-state index is -0.652. The third kappa shape index (κ3) is 3.60. The molecular formula is C17H20N2O4. The lowest BCUT2D eigenvalue weighted by Gasteiger charge is -2.35. The normalized spacial score (nSPS) is 22.0. The number of hydrogen-bond acceptors (Lipinski definition) is 6. The topological polar surface area (TPSA) is 71.9 Å². The van der Waals surface area contributed by atoms with Gasteiger partial charge in [-0.25, -0.2) is 0 Å². The highest BCUT2D eigenvalue weighted by Crippen LogP contribution is 2.27. The van der Waals surface area contributed by atoms with Crippen LogP contribution in [0.4, 0.5) is 0 Å². The molecule has 6 heteroatoms. The van der Waals surface area contributed by atoms with Crippen molar-refractivity contribution in [1.29, 1.82) is 0 Å². The molecule has 1 aromatic carbocycles. The summed E-state index contributed by atoms with van der Waals surface area (Å²) in [6, 6.07) is 9.53. The Morgan fingerprint density at radius 3 is 3.04 bits per heavy atom. The lowest BCUT2D eigenvalue weighted by molar-refractivity contribution is -0.143. The fourth-order valence-corrected chi connectivity index (χ4v) is 2.84. The summed E-state index contributed by atoms with van der Waals surface area (Å²) in [5.41, 5.74) is 0.864. The summed E-state index contributed by atoms with van der Waals surface area (Å²) in [6.07, 6.45) is 1.44. The van der Waals surface area contributed by atoms with Crippen molar-refractivity contribution in [2.24, 2.45) is 0 Å². The van der Waals surface area contributed by atoms with E-state index in [4.69, 9.17) is 4.74 Å². The number of methoxy groups -OCH3 is 1. The third-order valence-corrected chi connectivity index (χ3v) is 4.07. The molecule has 0 aliphatic carbocycles. The van der Waals surface area contributed by atoms with Gasteiger partial charge in [-0.2, -0.15) is 0 Å². The van der Waals surface area contributed by atoms with Gasteiger partial charge in [-0.15, -0.1) is 0 Å². The number of β-amino-alcohol motifs (C(OH)–C–C–N with tert-alkyl or cyclic N) is 1. The van der Waals surface area contributed by atoms with Gasteiger partial charge in [-0.3, -0.25) is 14.7 Å². The Morgan fingerprint density at radius 2 is 2.26 bits per heavy atom. The quantitative estimate of drug-likeness (QED) is 0.855. The first kappa shape index (κ1) is 15.7. The first-order chi connectivity index (χ1) is 11.2. The number of aromatic nitrogens is 1. The zero-order chi connectivity index (χ0) is 16.2. The second-order valence-electron chi connectivity index (χ2n) is 5.65. The number of likely N-dealkylation sites (tertiary alicyclic amines) is 1. The smallest absolute Gasteiger partial charge is 0.319 e. The van der Waals surface area contributed by atoms with Crippen LogP contribution < -0.4 is 4.74 Å². The molecular weight excluding hydrogens is 296 g/mol. The van der Waals surface area contributed by atoms with Crippen LogP contribution in [-0.4, -0.2) is 59.9 Å². The number of hydrogen-bond donors (Lipinski definition) is 1. The Bertz CT molecular complexity index is 686. The van der Waals surface area contributed by atoms with Crippen molar-refractivity contribution < 1.29 is 19.4 Å². The molecule has 0 unspecified atom stereocenters. The van der Waals surface area contributed by atoms with Crippen molar-refractivity contribution >= 4 is 16.9 Å². The number of carbonyl (C=O) groups excluding carboxylic acids is 1. The summed E-state index contributed by atoms with van der Waals surface area (Å²) in [6.45, 7) is 1.26. The average molecular weight is 316 g/mol. The third-order valence-electron chi connectivity index (χ3n) is 4.07. The highest BCUT2D eigenvalue weighted by atomic mass is 16.5. The van der Waals surface area contributed by atoms with E-state index in [2.05, 4.69) is 9.72 Å². The lowest BCUT2D eigenvalue weighted by Crippen LogP contribution is -2.50.